The number of nitrogens with one attached hydrogen (secondary N) is 2. The molecule has 0 radical (unpaired) electrons. The standard InChI is InChI=1S/C24H18F2N2O5S/c25-21-11-10-20(14-22(21)26)34(30,31)28-18-8-6-17(7-9-18)27-24(29)23-16(12-13-32-23)15-33-19-4-2-1-3-5-19/h1-14,28H,15H2,(H,27,29). The Morgan fingerprint density at radius 3 is 2.29 bits per heavy atom. The van der Waals surface area contributed by atoms with Crippen LogP contribution in [-0.2, 0) is 16.6 Å². The minimum atomic E-state index is -4.13. The highest BCUT2D eigenvalue weighted by molar-refractivity contribution is 7.92. The van der Waals surface area contributed by atoms with Gasteiger partial charge in [-0.1, -0.05) is 18.2 Å². The van der Waals surface area contributed by atoms with E-state index in [1.54, 1.807) is 18.2 Å². The van der Waals surface area contributed by atoms with Crippen LogP contribution in [0, 0.1) is 11.6 Å². The molecule has 0 aliphatic carbocycles. The van der Waals surface area contributed by atoms with Crippen molar-refractivity contribution >= 4 is 27.3 Å². The van der Waals surface area contributed by atoms with Gasteiger partial charge in [-0.15, -0.1) is 0 Å². The van der Waals surface area contributed by atoms with Gasteiger partial charge in [-0.2, -0.15) is 0 Å². The van der Waals surface area contributed by atoms with E-state index < -0.39 is 32.5 Å². The van der Waals surface area contributed by atoms with Gasteiger partial charge in [-0.3, -0.25) is 9.52 Å². The van der Waals surface area contributed by atoms with Crippen molar-refractivity contribution in [1.82, 2.24) is 0 Å². The van der Waals surface area contributed by atoms with E-state index in [9.17, 15) is 22.0 Å². The molecule has 0 spiro atoms. The maximum atomic E-state index is 13.4. The molecule has 4 aromatic rings. The van der Waals surface area contributed by atoms with Crippen LogP contribution in [0.1, 0.15) is 16.1 Å². The Labute approximate surface area is 194 Å². The van der Waals surface area contributed by atoms with Gasteiger partial charge in [0.15, 0.2) is 17.4 Å². The van der Waals surface area contributed by atoms with Gasteiger partial charge in [0.1, 0.15) is 12.4 Å². The summed E-state index contributed by atoms with van der Waals surface area (Å²) in [6, 6.07) is 18.8. The summed E-state index contributed by atoms with van der Waals surface area (Å²) >= 11 is 0. The highest BCUT2D eigenvalue weighted by Gasteiger charge is 2.18. The van der Waals surface area contributed by atoms with Crippen molar-refractivity contribution in [1.29, 1.82) is 0 Å². The number of carbonyl (C=O) groups is 1. The number of hydrogen-bond acceptors (Lipinski definition) is 5. The second-order valence-electron chi connectivity index (χ2n) is 7.09. The largest absolute Gasteiger partial charge is 0.489 e. The first-order valence-electron chi connectivity index (χ1n) is 9.95. The molecule has 4 rings (SSSR count). The molecule has 0 fully saturated rings. The topological polar surface area (TPSA) is 97.6 Å². The lowest BCUT2D eigenvalue weighted by atomic mass is 10.2. The maximum Gasteiger partial charge on any atom is 0.291 e. The summed E-state index contributed by atoms with van der Waals surface area (Å²) in [6.45, 7) is 0.133. The number of furan rings is 1. The van der Waals surface area contributed by atoms with Crippen molar-refractivity contribution in [3.63, 3.8) is 0 Å². The minimum Gasteiger partial charge on any atom is -0.489 e. The van der Waals surface area contributed by atoms with Gasteiger partial charge >= 0.3 is 0 Å². The van der Waals surface area contributed by atoms with Crippen LogP contribution >= 0.6 is 0 Å². The number of halogens is 2. The van der Waals surface area contributed by atoms with Gasteiger partial charge < -0.3 is 14.5 Å². The third-order valence-corrected chi connectivity index (χ3v) is 6.07. The lowest BCUT2D eigenvalue weighted by Gasteiger charge is -2.10. The van der Waals surface area contributed by atoms with Crippen LogP contribution in [0.3, 0.4) is 0 Å². The number of hydrogen-bond donors (Lipinski definition) is 2. The molecule has 2 N–H and O–H groups in total. The fraction of sp³-hybridized carbons (Fsp3) is 0.0417. The van der Waals surface area contributed by atoms with Gasteiger partial charge in [0.25, 0.3) is 15.9 Å². The first-order chi connectivity index (χ1) is 16.3. The second-order valence-corrected chi connectivity index (χ2v) is 8.77. The van der Waals surface area contributed by atoms with Gasteiger partial charge in [0.05, 0.1) is 11.2 Å². The molecule has 174 valence electrons. The van der Waals surface area contributed by atoms with E-state index >= 15 is 0 Å². The second kappa shape index (κ2) is 9.75. The molecular weight excluding hydrogens is 466 g/mol. The Kier molecular flexibility index (Phi) is 6.60. The van der Waals surface area contributed by atoms with Gasteiger partial charge in [-0.05, 0) is 60.7 Å². The van der Waals surface area contributed by atoms with Crippen molar-refractivity contribution in [2.75, 3.05) is 10.0 Å². The summed E-state index contributed by atoms with van der Waals surface area (Å²) in [7, 11) is -4.13. The van der Waals surface area contributed by atoms with Gasteiger partial charge in [0.2, 0.25) is 0 Å². The lowest BCUT2D eigenvalue weighted by molar-refractivity contribution is 0.0993. The summed E-state index contributed by atoms with van der Waals surface area (Å²) in [5.41, 5.74) is 1.10. The summed E-state index contributed by atoms with van der Waals surface area (Å²) in [6.07, 6.45) is 1.38. The first-order valence-corrected chi connectivity index (χ1v) is 11.4. The molecule has 7 nitrogen and oxygen atoms in total. The van der Waals surface area contributed by atoms with E-state index in [1.807, 2.05) is 18.2 Å². The molecule has 1 heterocycles. The molecule has 0 saturated heterocycles. The lowest BCUT2D eigenvalue weighted by Crippen LogP contribution is -2.15. The molecule has 0 unspecified atom stereocenters. The maximum absolute atomic E-state index is 13.4. The molecule has 0 aliphatic heterocycles. The Balaban J connectivity index is 1.40. The zero-order valence-corrected chi connectivity index (χ0v) is 18.3. The van der Waals surface area contributed by atoms with Crippen LogP contribution in [0.5, 0.6) is 5.75 Å². The van der Waals surface area contributed by atoms with Crippen LogP contribution in [0.4, 0.5) is 20.2 Å². The summed E-state index contributed by atoms with van der Waals surface area (Å²) in [4.78, 5) is 12.2. The molecule has 10 heteroatoms. The Morgan fingerprint density at radius 1 is 0.882 bits per heavy atom. The van der Waals surface area contributed by atoms with Crippen LogP contribution in [0.2, 0.25) is 0 Å². The average Bonchev–Trinajstić information content (AvgIpc) is 3.30. The van der Waals surface area contributed by atoms with Crippen LogP contribution in [0.15, 0.2) is 94.4 Å². The molecule has 0 atom stereocenters. The summed E-state index contributed by atoms with van der Waals surface area (Å²) < 4.78 is 64.5. The van der Waals surface area contributed by atoms with Crippen molar-refractivity contribution in [3.05, 3.63) is 108 Å². The molecule has 0 aliphatic rings. The molecule has 0 bridgehead atoms. The number of carbonyl (C=O) groups excluding carboxylic acids is 1. The van der Waals surface area contributed by atoms with E-state index in [0.29, 0.717) is 23.1 Å². The van der Waals surface area contributed by atoms with Gasteiger partial charge in [-0.25, -0.2) is 17.2 Å². The molecule has 3 aromatic carbocycles. The quantitative estimate of drug-likeness (QED) is 0.359. The zero-order chi connectivity index (χ0) is 24.1. The van der Waals surface area contributed by atoms with E-state index in [-0.39, 0.29) is 18.1 Å². The Morgan fingerprint density at radius 2 is 1.59 bits per heavy atom. The van der Waals surface area contributed by atoms with E-state index in [2.05, 4.69) is 10.0 Å². The van der Waals surface area contributed by atoms with Crippen molar-refractivity contribution < 1.29 is 31.1 Å². The van der Waals surface area contributed by atoms with E-state index in [0.717, 1.165) is 12.1 Å². The smallest absolute Gasteiger partial charge is 0.291 e. The molecule has 34 heavy (non-hydrogen) atoms. The predicted octanol–water partition coefficient (Wildman–Crippen LogP) is 5.19. The Bertz CT molecular complexity index is 1410. The first kappa shape index (κ1) is 23.0. The fourth-order valence-corrected chi connectivity index (χ4v) is 4.06. The molecular formula is C24H18F2N2O5S. The van der Waals surface area contributed by atoms with Crippen molar-refractivity contribution in [2.45, 2.75) is 11.5 Å². The van der Waals surface area contributed by atoms with Crippen LogP contribution in [-0.4, -0.2) is 14.3 Å². The fourth-order valence-electron chi connectivity index (χ4n) is 2.99. The third-order valence-electron chi connectivity index (χ3n) is 4.69. The Hall–Kier alpha value is -4.18. The van der Waals surface area contributed by atoms with Crippen LogP contribution < -0.4 is 14.8 Å². The van der Waals surface area contributed by atoms with E-state index in [1.165, 1.54) is 30.5 Å². The van der Waals surface area contributed by atoms with Crippen molar-refractivity contribution in [3.8, 4) is 5.75 Å². The number of para-hydroxylation sites is 1. The molecule has 0 saturated carbocycles. The third kappa shape index (κ3) is 5.41. The monoisotopic (exact) mass is 484 g/mol. The summed E-state index contributed by atoms with van der Waals surface area (Å²) in [5.74, 6) is -2.19. The highest BCUT2D eigenvalue weighted by Crippen LogP contribution is 2.21. The predicted molar refractivity (Wildman–Crippen MR) is 121 cm³/mol. The van der Waals surface area contributed by atoms with Crippen LogP contribution in [0.25, 0.3) is 0 Å². The number of ether oxygens (including phenoxy) is 1. The number of benzene rings is 3. The van der Waals surface area contributed by atoms with E-state index in [4.69, 9.17) is 9.15 Å². The summed E-state index contributed by atoms with van der Waals surface area (Å²) in [5, 5.41) is 2.66. The van der Waals surface area contributed by atoms with Crippen molar-refractivity contribution in [2.24, 2.45) is 0 Å². The number of rotatable bonds is 8. The highest BCUT2D eigenvalue weighted by atomic mass is 32.2. The average molecular weight is 484 g/mol. The normalized spacial score (nSPS) is 11.1. The minimum absolute atomic E-state index is 0.0825. The number of anilines is 2. The molecule has 1 amide bonds. The number of sulfonamides is 1. The van der Waals surface area contributed by atoms with Gasteiger partial charge in [0, 0.05) is 16.9 Å². The number of amides is 1. The molecule has 1 aromatic heterocycles. The zero-order valence-electron chi connectivity index (χ0n) is 17.5. The SMILES string of the molecule is O=C(Nc1ccc(NS(=O)(=O)c2ccc(F)c(F)c2)cc1)c1occc1COc1ccccc1.